The number of carbonyl (C=O) groups excluding carboxylic acids is 1. The Morgan fingerprint density at radius 3 is 2.59 bits per heavy atom. The fourth-order valence-electron chi connectivity index (χ4n) is 3.52. The van der Waals surface area contributed by atoms with Gasteiger partial charge in [0.25, 0.3) is 0 Å². The summed E-state index contributed by atoms with van der Waals surface area (Å²) in [4.78, 5) is 12.4. The molecule has 27 heavy (non-hydrogen) atoms. The van der Waals surface area contributed by atoms with Crippen molar-refractivity contribution in [1.82, 2.24) is 4.31 Å². The van der Waals surface area contributed by atoms with Gasteiger partial charge in [-0.1, -0.05) is 30.3 Å². The summed E-state index contributed by atoms with van der Waals surface area (Å²) >= 11 is 0. The third-order valence-corrected chi connectivity index (χ3v) is 7.02. The Balaban J connectivity index is 2.03. The van der Waals surface area contributed by atoms with Crippen LogP contribution in [0.1, 0.15) is 41.6 Å². The molecule has 6 heteroatoms. The van der Waals surface area contributed by atoms with Crippen LogP contribution in [0.5, 0.6) is 0 Å². The van der Waals surface area contributed by atoms with E-state index in [1.165, 1.54) is 4.31 Å². The molecule has 1 aliphatic rings. The third-order valence-electron chi connectivity index (χ3n) is 5.11. The van der Waals surface area contributed by atoms with Crippen LogP contribution in [0.25, 0.3) is 0 Å². The summed E-state index contributed by atoms with van der Waals surface area (Å²) in [6.07, 6.45) is 0.633. The highest BCUT2D eigenvalue weighted by molar-refractivity contribution is 7.89. The molecule has 2 aromatic rings. The van der Waals surface area contributed by atoms with Crippen LogP contribution < -0.4 is 0 Å². The van der Waals surface area contributed by atoms with E-state index in [1.807, 2.05) is 44.2 Å². The Morgan fingerprint density at radius 2 is 1.89 bits per heavy atom. The maximum atomic E-state index is 13.4. The lowest BCUT2D eigenvalue weighted by atomic mass is 9.92. The second-order valence-electron chi connectivity index (χ2n) is 6.84. The molecule has 2 aromatic carbocycles. The van der Waals surface area contributed by atoms with Crippen molar-refractivity contribution in [2.24, 2.45) is 0 Å². The SMILES string of the molecule is CCOC(=O)C[C@H]1c2ccccc2CCN1S(=O)(=O)c1ccc(C)c(C)c1. The number of sulfonamides is 1. The van der Waals surface area contributed by atoms with E-state index in [0.29, 0.717) is 13.0 Å². The molecule has 5 nitrogen and oxygen atoms in total. The van der Waals surface area contributed by atoms with Gasteiger partial charge in [-0.3, -0.25) is 4.79 Å². The number of fused-ring (bicyclic) bond motifs is 1. The number of carbonyl (C=O) groups is 1. The first kappa shape index (κ1) is 19.6. The maximum absolute atomic E-state index is 13.4. The van der Waals surface area contributed by atoms with Gasteiger partial charge < -0.3 is 4.74 Å². The van der Waals surface area contributed by atoms with E-state index in [-0.39, 0.29) is 23.9 Å². The van der Waals surface area contributed by atoms with Gasteiger partial charge in [0.05, 0.1) is 24.0 Å². The van der Waals surface area contributed by atoms with Crippen molar-refractivity contribution in [2.45, 2.75) is 44.6 Å². The first-order valence-electron chi connectivity index (χ1n) is 9.17. The number of benzene rings is 2. The number of rotatable bonds is 5. The van der Waals surface area contributed by atoms with Crippen molar-refractivity contribution in [3.63, 3.8) is 0 Å². The van der Waals surface area contributed by atoms with Crippen LogP contribution in [0.3, 0.4) is 0 Å². The Labute approximate surface area is 161 Å². The molecule has 0 spiro atoms. The second kappa shape index (κ2) is 7.82. The number of hydrogen-bond donors (Lipinski definition) is 0. The van der Waals surface area contributed by atoms with Gasteiger partial charge in [-0.05, 0) is 61.6 Å². The van der Waals surface area contributed by atoms with Crippen molar-refractivity contribution >= 4 is 16.0 Å². The third kappa shape index (κ3) is 3.92. The van der Waals surface area contributed by atoms with E-state index in [4.69, 9.17) is 4.74 Å². The molecule has 0 aromatic heterocycles. The lowest BCUT2D eigenvalue weighted by molar-refractivity contribution is -0.144. The van der Waals surface area contributed by atoms with Gasteiger partial charge in [0.15, 0.2) is 0 Å². The summed E-state index contributed by atoms with van der Waals surface area (Å²) in [7, 11) is -3.73. The molecule has 0 aliphatic carbocycles. The predicted octanol–water partition coefficient (Wildman–Crippen LogP) is 3.54. The minimum Gasteiger partial charge on any atom is -0.466 e. The van der Waals surface area contributed by atoms with Crippen LogP contribution in [-0.2, 0) is 26.0 Å². The van der Waals surface area contributed by atoms with Gasteiger partial charge in [0, 0.05) is 6.54 Å². The molecule has 0 fully saturated rings. The zero-order chi connectivity index (χ0) is 19.6. The monoisotopic (exact) mass is 387 g/mol. The Morgan fingerprint density at radius 1 is 1.15 bits per heavy atom. The topological polar surface area (TPSA) is 63.7 Å². The Bertz CT molecular complexity index is 952. The quantitative estimate of drug-likeness (QED) is 0.736. The molecule has 0 unspecified atom stereocenters. The van der Waals surface area contributed by atoms with Gasteiger partial charge in [-0.2, -0.15) is 4.31 Å². The first-order chi connectivity index (χ1) is 12.8. The molecule has 0 amide bonds. The fraction of sp³-hybridized carbons (Fsp3) is 0.381. The lowest BCUT2D eigenvalue weighted by Gasteiger charge is -2.36. The van der Waals surface area contributed by atoms with Crippen LogP contribution in [0.15, 0.2) is 47.4 Å². The molecule has 1 atom stereocenters. The summed E-state index contributed by atoms with van der Waals surface area (Å²) in [5, 5.41) is 0. The Hall–Kier alpha value is -2.18. The molecule has 0 radical (unpaired) electrons. The fourth-order valence-corrected chi connectivity index (χ4v) is 5.21. The number of esters is 1. The van der Waals surface area contributed by atoms with Crippen LogP contribution in [0.2, 0.25) is 0 Å². The van der Waals surface area contributed by atoms with E-state index in [1.54, 1.807) is 19.1 Å². The van der Waals surface area contributed by atoms with Crippen molar-refractivity contribution in [3.8, 4) is 0 Å². The smallest absolute Gasteiger partial charge is 0.307 e. The van der Waals surface area contributed by atoms with Gasteiger partial charge in [0.2, 0.25) is 10.0 Å². The van der Waals surface area contributed by atoms with Crippen LogP contribution in [0, 0.1) is 13.8 Å². The average Bonchev–Trinajstić information content (AvgIpc) is 2.64. The Kier molecular flexibility index (Phi) is 5.67. The molecule has 3 rings (SSSR count). The normalized spacial score (nSPS) is 17.4. The molecule has 0 saturated heterocycles. The maximum Gasteiger partial charge on any atom is 0.307 e. The second-order valence-corrected chi connectivity index (χ2v) is 8.73. The lowest BCUT2D eigenvalue weighted by Crippen LogP contribution is -2.41. The van der Waals surface area contributed by atoms with Gasteiger partial charge in [-0.25, -0.2) is 8.42 Å². The number of nitrogens with zero attached hydrogens (tertiary/aromatic N) is 1. The number of aryl methyl sites for hydroxylation is 2. The summed E-state index contributed by atoms with van der Waals surface area (Å²) < 4.78 is 33.3. The molecule has 144 valence electrons. The summed E-state index contributed by atoms with van der Waals surface area (Å²) in [5.74, 6) is -0.389. The predicted molar refractivity (Wildman–Crippen MR) is 104 cm³/mol. The molecule has 0 N–H and O–H groups in total. The van der Waals surface area contributed by atoms with Gasteiger partial charge in [0.1, 0.15) is 0 Å². The number of ether oxygens (including phenoxy) is 1. The summed E-state index contributed by atoms with van der Waals surface area (Å²) in [6.45, 7) is 6.21. The average molecular weight is 388 g/mol. The van der Waals surface area contributed by atoms with E-state index in [9.17, 15) is 13.2 Å². The van der Waals surface area contributed by atoms with Crippen LogP contribution in [0.4, 0.5) is 0 Å². The largest absolute Gasteiger partial charge is 0.466 e. The van der Waals surface area contributed by atoms with Crippen molar-refractivity contribution in [1.29, 1.82) is 0 Å². The highest BCUT2D eigenvalue weighted by atomic mass is 32.2. The number of hydrogen-bond acceptors (Lipinski definition) is 4. The minimum absolute atomic E-state index is 0.00886. The van der Waals surface area contributed by atoms with E-state index in [0.717, 1.165) is 22.3 Å². The van der Waals surface area contributed by atoms with Gasteiger partial charge in [-0.15, -0.1) is 0 Å². The summed E-state index contributed by atoms with van der Waals surface area (Å²) in [6, 6.07) is 12.3. The van der Waals surface area contributed by atoms with Crippen LogP contribution >= 0.6 is 0 Å². The highest BCUT2D eigenvalue weighted by Crippen LogP contribution is 2.36. The molecular formula is C21H25NO4S. The van der Waals surface area contributed by atoms with Crippen molar-refractivity contribution in [3.05, 3.63) is 64.7 Å². The zero-order valence-corrected chi connectivity index (χ0v) is 16.8. The standard InChI is InChI=1S/C21H25NO4S/c1-4-26-21(23)14-20-19-8-6-5-7-17(19)11-12-22(20)27(24,25)18-10-9-15(2)16(3)13-18/h5-10,13,20H,4,11-12,14H2,1-3H3/t20-/m0/s1. The molecule has 0 bridgehead atoms. The highest BCUT2D eigenvalue weighted by Gasteiger charge is 2.37. The first-order valence-corrected chi connectivity index (χ1v) is 10.6. The van der Waals surface area contributed by atoms with Gasteiger partial charge >= 0.3 is 5.97 Å². The molecule has 1 aliphatic heterocycles. The molecule has 0 saturated carbocycles. The van der Waals surface area contributed by atoms with Crippen molar-refractivity contribution in [2.75, 3.05) is 13.2 Å². The minimum atomic E-state index is -3.73. The van der Waals surface area contributed by atoms with Crippen LogP contribution in [-0.4, -0.2) is 31.8 Å². The summed E-state index contributed by atoms with van der Waals surface area (Å²) in [5.41, 5.74) is 3.93. The molecule has 1 heterocycles. The van der Waals surface area contributed by atoms with Crippen molar-refractivity contribution < 1.29 is 17.9 Å². The van der Waals surface area contributed by atoms with E-state index in [2.05, 4.69) is 0 Å². The zero-order valence-electron chi connectivity index (χ0n) is 15.9. The van der Waals surface area contributed by atoms with E-state index < -0.39 is 16.1 Å². The van der Waals surface area contributed by atoms with E-state index >= 15 is 0 Å². The molecular weight excluding hydrogens is 362 g/mol.